The minimum Gasteiger partial charge on any atom is -0.311 e. The van der Waals surface area contributed by atoms with Crippen molar-refractivity contribution in [3.8, 4) is 11.1 Å². The fourth-order valence-corrected chi connectivity index (χ4v) is 4.93. The highest BCUT2D eigenvalue weighted by molar-refractivity contribution is 7.91. The highest BCUT2D eigenvalue weighted by atomic mass is 32.2. The Morgan fingerprint density at radius 2 is 1.52 bits per heavy atom. The largest absolute Gasteiger partial charge is 0.311 e. The molecule has 0 spiro atoms. The van der Waals surface area contributed by atoms with Gasteiger partial charge >= 0.3 is 0 Å². The van der Waals surface area contributed by atoms with Crippen LogP contribution in [-0.2, 0) is 22.8 Å². The lowest BCUT2D eigenvalue weighted by Gasteiger charge is -2.14. The molecule has 1 aliphatic heterocycles. The van der Waals surface area contributed by atoms with Crippen molar-refractivity contribution in [3.05, 3.63) is 82.8 Å². The third kappa shape index (κ3) is 2.61. The summed E-state index contributed by atoms with van der Waals surface area (Å²) in [4.78, 5) is 13.3. The maximum absolute atomic E-state index is 13.2. The summed E-state index contributed by atoms with van der Waals surface area (Å²) in [5.41, 5.74) is 1.67. The Balaban J connectivity index is 2.01. The highest BCUT2D eigenvalue weighted by Gasteiger charge is 2.28. The van der Waals surface area contributed by atoms with Crippen molar-refractivity contribution >= 4 is 9.84 Å². The predicted octanol–water partition coefficient (Wildman–Crippen LogP) is 3.29. The topological polar surface area (TPSA) is 56.1 Å². The lowest BCUT2D eigenvalue weighted by atomic mass is 10.1. The van der Waals surface area contributed by atoms with E-state index in [4.69, 9.17) is 0 Å². The molecule has 0 aliphatic carbocycles. The second-order valence-electron chi connectivity index (χ2n) is 6.11. The molecule has 0 bridgehead atoms. The summed E-state index contributed by atoms with van der Waals surface area (Å²) in [5.74, 6) is 0. The van der Waals surface area contributed by atoms with E-state index in [-0.39, 0.29) is 15.4 Å². The summed E-state index contributed by atoms with van der Waals surface area (Å²) >= 11 is 0. The van der Waals surface area contributed by atoms with Gasteiger partial charge in [-0.25, -0.2) is 8.42 Å². The number of benzene rings is 2. The van der Waals surface area contributed by atoms with Crippen molar-refractivity contribution in [2.24, 2.45) is 0 Å². The minimum absolute atomic E-state index is 0.120. The first-order valence-corrected chi connectivity index (χ1v) is 9.69. The molecule has 4 rings (SSSR count). The number of rotatable bonds is 3. The van der Waals surface area contributed by atoms with E-state index >= 15 is 0 Å². The Morgan fingerprint density at radius 3 is 2.20 bits per heavy atom. The van der Waals surface area contributed by atoms with E-state index in [1.165, 1.54) is 0 Å². The third-order valence-electron chi connectivity index (χ3n) is 4.58. The van der Waals surface area contributed by atoms with Gasteiger partial charge in [0.15, 0.2) is 0 Å². The van der Waals surface area contributed by atoms with Crippen LogP contribution in [0.5, 0.6) is 0 Å². The maximum Gasteiger partial charge on any atom is 0.258 e. The molecular weight excluding hydrogens is 334 g/mol. The van der Waals surface area contributed by atoms with E-state index in [0.717, 1.165) is 12.0 Å². The Morgan fingerprint density at radius 1 is 0.880 bits per heavy atom. The first-order valence-electron chi connectivity index (χ1n) is 8.21. The van der Waals surface area contributed by atoms with Crippen LogP contribution in [0, 0.1) is 0 Å². The first-order chi connectivity index (χ1) is 12.1. The molecule has 2 aromatic carbocycles. The lowest BCUT2D eigenvalue weighted by molar-refractivity contribution is 0.593. The normalized spacial score (nSPS) is 13.6. The summed E-state index contributed by atoms with van der Waals surface area (Å²) in [6.45, 7) is 0.562. The molecule has 2 heterocycles. The van der Waals surface area contributed by atoms with Gasteiger partial charge in [-0.2, -0.15) is 0 Å². The Hall–Kier alpha value is -2.66. The second-order valence-corrected chi connectivity index (χ2v) is 8.03. The molecule has 5 heteroatoms. The molecule has 0 unspecified atom stereocenters. The van der Waals surface area contributed by atoms with Crippen molar-refractivity contribution in [2.45, 2.75) is 29.2 Å². The van der Waals surface area contributed by atoms with Crippen LogP contribution in [0.1, 0.15) is 12.1 Å². The van der Waals surface area contributed by atoms with Crippen LogP contribution in [0.3, 0.4) is 0 Å². The van der Waals surface area contributed by atoms with Gasteiger partial charge in [-0.1, -0.05) is 48.5 Å². The summed E-state index contributed by atoms with van der Waals surface area (Å²) in [6, 6.07) is 19.2. The van der Waals surface area contributed by atoms with Crippen LogP contribution in [0.25, 0.3) is 11.1 Å². The Kier molecular flexibility index (Phi) is 3.81. The first kappa shape index (κ1) is 15.8. The molecule has 0 N–H and O–H groups in total. The molecule has 126 valence electrons. The van der Waals surface area contributed by atoms with Gasteiger partial charge in [0.2, 0.25) is 9.84 Å². The van der Waals surface area contributed by atoms with Gasteiger partial charge in [0.1, 0.15) is 0 Å². The molecule has 0 saturated carbocycles. The van der Waals surface area contributed by atoms with E-state index in [1.54, 1.807) is 41.0 Å². The lowest BCUT2D eigenvalue weighted by Crippen LogP contribution is -2.24. The number of hydrogen-bond acceptors (Lipinski definition) is 3. The fraction of sp³-hybridized carbons (Fsp3) is 0.150. The zero-order chi connectivity index (χ0) is 17.4. The predicted molar refractivity (Wildman–Crippen MR) is 96.4 cm³/mol. The Labute approximate surface area is 146 Å². The van der Waals surface area contributed by atoms with Crippen LogP contribution in [-0.4, -0.2) is 13.0 Å². The minimum atomic E-state index is -3.67. The number of nitrogens with zero attached hydrogens (tertiary/aromatic N) is 1. The van der Waals surface area contributed by atoms with Crippen LogP contribution >= 0.6 is 0 Å². The summed E-state index contributed by atoms with van der Waals surface area (Å²) in [5, 5.41) is 0. The van der Waals surface area contributed by atoms with Crippen LogP contribution in [0.4, 0.5) is 0 Å². The quantitative estimate of drug-likeness (QED) is 0.727. The van der Waals surface area contributed by atoms with E-state index in [1.807, 2.05) is 30.3 Å². The zero-order valence-electron chi connectivity index (χ0n) is 13.6. The van der Waals surface area contributed by atoms with Crippen molar-refractivity contribution < 1.29 is 8.42 Å². The highest BCUT2D eigenvalue weighted by Crippen LogP contribution is 2.30. The van der Waals surface area contributed by atoms with Gasteiger partial charge in [-0.3, -0.25) is 4.79 Å². The number of fused-ring (bicyclic) bond motifs is 1. The zero-order valence-corrected chi connectivity index (χ0v) is 14.4. The monoisotopic (exact) mass is 351 g/mol. The summed E-state index contributed by atoms with van der Waals surface area (Å²) in [6.07, 6.45) is 1.39. The molecule has 0 atom stereocenters. The molecule has 0 fully saturated rings. The molecule has 3 aromatic rings. The average Bonchev–Trinajstić information content (AvgIpc) is 3.13. The Bertz CT molecular complexity index is 1090. The molecular formula is C20H17NO3S. The van der Waals surface area contributed by atoms with E-state index in [2.05, 4.69) is 0 Å². The van der Waals surface area contributed by atoms with E-state index in [0.29, 0.717) is 24.2 Å². The standard InChI is InChI=1S/C20H17NO3S/c22-20-17(15-8-3-1-4-9-15)14-19(18-12-7-13-21(18)20)25(23,24)16-10-5-2-6-11-16/h1-6,8-11,14H,7,12-13H2. The molecule has 25 heavy (non-hydrogen) atoms. The number of aromatic nitrogens is 1. The number of pyridine rings is 1. The van der Waals surface area contributed by atoms with Crippen LogP contribution < -0.4 is 5.56 Å². The van der Waals surface area contributed by atoms with Crippen molar-refractivity contribution in [2.75, 3.05) is 0 Å². The van der Waals surface area contributed by atoms with Gasteiger partial charge in [-0.05, 0) is 36.6 Å². The SMILES string of the molecule is O=c1c(-c2ccccc2)cc(S(=O)(=O)c2ccccc2)c2n1CCC2. The number of sulfone groups is 1. The molecule has 1 aromatic heterocycles. The van der Waals surface area contributed by atoms with Crippen LogP contribution in [0.2, 0.25) is 0 Å². The van der Waals surface area contributed by atoms with Gasteiger partial charge in [0.05, 0.1) is 9.79 Å². The van der Waals surface area contributed by atoms with E-state index in [9.17, 15) is 13.2 Å². The maximum atomic E-state index is 13.2. The van der Waals surface area contributed by atoms with Gasteiger partial charge in [-0.15, -0.1) is 0 Å². The molecule has 0 amide bonds. The van der Waals surface area contributed by atoms with Gasteiger partial charge in [0.25, 0.3) is 5.56 Å². The second kappa shape index (κ2) is 6.01. The molecule has 1 aliphatic rings. The average molecular weight is 351 g/mol. The molecule has 0 saturated heterocycles. The fourth-order valence-electron chi connectivity index (χ4n) is 3.36. The molecule has 0 radical (unpaired) electrons. The van der Waals surface area contributed by atoms with Crippen LogP contribution in [0.15, 0.2) is 81.3 Å². The molecule has 4 nitrogen and oxygen atoms in total. The van der Waals surface area contributed by atoms with Crippen molar-refractivity contribution in [3.63, 3.8) is 0 Å². The third-order valence-corrected chi connectivity index (χ3v) is 6.41. The summed E-state index contributed by atoms with van der Waals surface area (Å²) < 4.78 is 28.0. The van der Waals surface area contributed by atoms with Gasteiger partial charge < -0.3 is 4.57 Å². The van der Waals surface area contributed by atoms with E-state index < -0.39 is 9.84 Å². The van der Waals surface area contributed by atoms with Crippen molar-refractivity contribution in [1.82, 2.24) is 4.57 Å². The van der Waals surface area contributed by atoms with Crippen molar-refractivity contribution in [1.29, 1.82) is 0 Å². The summed E-state index contributed by atoms with van der Waals surface area (Å²) in [7, 11) is -3.67. The number of hydrogen-bond donors (Lipinski definition) is 0. The van der Waals surface area contributed by atoms with Gasteiger partial charge in [0, 0.05) is 17.8 Å². The smallest absolute Gasteiger partial charge is 0.258 e.